The quantitative estimate of drug-likeness (QED) is 0.280. The summed E-state index contributed by atoms with van der Waals surface area (Å²) in [5, 5.41) is 13.5. The van der Waals surface area contributed by atoms with E-state index in [0.29, 0.717) is 5.56 Å². The number of fused-ring (bicyclic) bond motifs is 3. The van der Waals surface area contributed by atoms with Gasteiger partial charge < -0.3 is 4.57 Å². The maximum absolute atomic E-state index is 11.1. The number of aryl methyl sites for hydroxylation is 1. The molecule has 4 rings (SSSR count). The fraction of sp³-hybridized carbons (Fsp3) is 0.0952. The highest BCUT2D eigenvalue weighted by atomic mass is 16.6. The van der Waals surface area contributed by atoms with E-state index in [1.54, 1.807) is 24.4 Å². The fourth-order valence-electron chi connectivity index (χ4n) is 3.37. The van der Waals surface area contributed by atoms with Crippen LogP contribution in [0.2, 0.25) is 0 Å². The summed E-state index contributed by atoms with van der Waals surface area (Å²) in [5.74, 6) is 0. The Bertz CT molecular complexity index is 1160. The van der Waals surface area contributed by atoms with Crippen LogP contribution in [-0.2, 0) is 6.54 Å². The molecule has 5 heteroatoms. The second-order valence-corrected chi connectivity index (χ2v) is 6.04. The van der Waals surface area contributed by atoms with Crippen LogP contribution in [0.25, 0.3) is 21.8 Å². The van der Waals surface area contributed by atoms with Crippen molar-refractivity contribution in [2.75, 3.05) is 0 Å². The highest BCUT2D eigenvalue weighted by Gasteiger charge is 2.11. The largest absolute Gasteiger partial charge is 0.341 e. The summed E-state index contributed by atoms with van der Waals surface area (Å²) in [6.07, 6.45) is 1.55. The van der Waals surface area contributed by atoms with Gasteiger partial charge in [-0.3, -0.25) is 15.1 Å². The van der Waals surface area contributed by atoms with Gasteiger partial charge in [0.05, 0.1) is 21.7 Å². The zero-order valence-corrected chi connectivity index (χ0v) is 14.3. The van der Waals surface area contributed by atoms with Gasteiger partial charge in [0.15, 0.2) is 0 Å². The zero-order valence-electron chi connectivity index (χ0n) is 14.3. The van der Waals surface area contributed by atoms with Gasteiger partial charge >= 0.3 is 0 Å². The van der Waals surface area contributed by atoms with Crippen molar-refractivity contribution in [1.82, 2.24) is 4.57 Å². The molecule has 3 aromatic carbocycles. The van der Waals surface area contributed by atoms with E-state index in [0.717, 1.165) is 17.7 Å². The van der Waals surface area contributed by atoms with Crippen molar-refractivity contribution in [2.24, 2.45) is 4.99 Å². The molecule has 1 heterocycles. The van der Waals surface area contributed by atoms with E-state index in [1.165, 1.54) is 22.4 Å². The Kier molecular flexibility index (Phi) is 3.97. The first-order valence-electron chi connectivity index (χ1n) is 8.47. The summed E-state index contributed by atoms with van der Waals surface area (Å²) < 4.78 is 2.26. The fourth-order valence-corrected chi connectivity index (χ4v) is 3.37. The Morgan fingerprint density at radius 1 is 1.00 bits per heavy atom. The molecule has 128 valence electrons. The Balaban J connectivity index is 1.81. The van der Waals surface area contributed by atoms with Gasteiger partial charge in [-0.2, -0.15) is 0 Å². The molecule has 0 N–H and O–H groups in total. The van der Waals surface area contributed by atoms with Crippen molar-refractivity contribution in [3.05, 3.63) is 82.4 Å². The third-order valence-corrected chi connectivity index (χ3v) is 4.56. The number of para-hydroxylation sites is 2. The number of aromatic nitrogens is 1. The van der Waals surface area contributed by atoms with E-state index >= 15 is 0 Å². The van der Waals surface area contributed by atoms with Gasteiger partial charge in [0.1, 0.15) is 0 Å². The minimum atomic E-state index is -0.389. The Hall–Kier alpha value is -3.47. The van der Waals surface area contributed by atoms with Crippen molar-refractivity contribution in [3.8, 4) is 0 Å². The third-order valence-electron chi connectivity index (χ3n) is 4.56. The van der Waals surface area contributed by atoms with Gasteiger partial charge in [0.2, 0.25) is 0 Å². The zero-order chi connectivity index (χ0) is 18.1. The molecular weight excluding hydrogens is 326 g/mol. The molecular formula is C21H17N3O2. The maximum Gasteiger partial charge on any atom is 0.278 e. The topological polar surface area (TPSA) is 60.4 Å². The van der Waals surface area contributed by atoms with Crippen molar-refractivity contribution in [1.29, 1.82) is 0 Å². The predicted octanol–water partition coefficient (Wildman–Crippen LogP) is 5.47. The molecule has 4 aromatic rings. The third kappa shape index (κ3) is 2.63. The molecule has 0 spiro atoms. The summed E-state index contributed by atoms with van der Waals surface area (Å²) in [6, 6.07) is 21.0. The lowest BCUT2D eigenvalue weighted by molar-refractivity contribution is -0.385. The Labute approximate surface area is 150 Å². The standard InChI is InChI=1S/C21H17N3O2/c1-2-23-20-10-6-4-8-17(20)18-12-11-16(13-21(18)23)22-14-15-7-3-5-9-19(15)24(25)26/h3-14H,2H2,1H3. The van der Waals surface area contributed by atoms with Crippen LogP contribution in [0.1, 0.15) is 12.5 Å². The van der Waals surface area contributed by atoms with Crippen molar-refractivity contribution in [3.63, 3.8) is 0 Å². The summed E-state index contributed by atoms with van der Waals surface area (Å²) in [4.78, 5) is 15.2. The average Bonchev–Trinajstić information content (AvgIpc) is 2.99. The molecule has 0 unspecified atom stereocenters. The molecule has 0 saturated heterocycles. The predicted molar refractivity (Wildman–Crippen MR) is 105 cm³/mol. The van der Waals surface area contributed by atoms with E-state index in [4.69, 9.17) is 0 Å². The van der Waals surface area contributed by atoms with Crippen molar-refractivity contribution in [2.45, 2.75) is 13.5 Å². The van der Waals surface area contributed by atoms with E-state index in [2.05, 4.69) is 34.7 Å². The van der Waals surface area contributed by atoms with Crippen LogP contribution in [0.4, 0.5) is 11.4 Å². The summed E-state index contributed by atoms with van der Waals surface area (Å²) in [6.45, 7) is 2.98. The number of nitrogens with zero attached hydrogens (tertiary/aromatic N) is 3. The number of hydrogen-bond acceptors (Lipinski definition) is 3. The number of hydrogen-bond donors (Lipinski definition) is 0. The first kappa shape index (κ1) is 16.0. The molecule has 0 aliphatic carbocycles. The van der Waals surface area contributed by atoms with Crippen LogP contribution in [0.3, 0.4) is 0 Å². The minimum Gasteiger partial charge on any atom is -0.341 e. The monoisotopic (exact) mass is 343 g/mol. The van der Waals surface area contributed by atoms with Crippen LogP contribution in [-0.4, -0.2) is 15.7 Å². The molecule has 0 amide bonds. The highest BCUT2D eigenvalue weighted by molar-refractivity contribution is 6.08. The Morgan fingerprint density at radius 2 is 1.73 bits per heavy atom. The van der Waals surface area contributed by atoms with Crippen LogP contribution in [0, 0.1) is 10.1 Å². The lowest BCUT2D eigenvalue weighted by Crippen LogP contribution is -1.94. The number of nitro groups is 1. The van der Waals surface area contributed by atoms with Crippen LogP contribution in [0.5, 0.6) is 0 Å². The van der Waals surface area contributed by atoms with Crippen molar-refractivity contribution < 1.29 is 4.92 Å². The smallest absolute Gasteiger partial charge is 0.278 e. The molecule has 0 fully saturated rings. The van der Waals surface area contributed by atoms with Gasteiger partial charge in [0.25, 0.3) is 5.69 Å². The SMILES string of the molecule is CCn1c2ccccc2c2ccc(N=Cc3ccccc3[N+](=O)[O-])cc21. The van der Waals surface area contributed by atoms with Crippen molar-refractivity contribution >= 4 is 39.4 Å². The molecule has 0 aliphatic rings. The first-order valence-corrected chi connectivity index (χ1v) is 8.47. The lowest BCUT2D eigenvalue weighted by atomic mass is 10.1. The second-order valence-electron chi connectivity index (χ2n) is 6.04. The summed E-state index contributed by atoms with van der Waals surface area (Å²) in [7, 11) is 0. The van der Waals surface area contributed by atoms with E-state index < -0.39 is 0 Å². The molecule has 0 aliphatic heterocycles. The van der Waals surface area contributed by atoms with Crippen LogP contribution >= 0.6 is 0 Å². The van der Waals surface area contributed by atoms with Gasteiger partial charge in [-0.1, -0.05) is 36.4 Å². The lowest BCUT2D eigenvalue weighted by Gasteiger charge is -2.03. The molecule has 1 aromatic heterocycles. The van der Waals surface area contributed by atoms with Gasteiger partial charge in [-0.25, -0.2) is 0 Å². The van der Waals surface area contributed by atoms with E-state index in [-0.39, 0.29) is 10.6 Å². The molecule has 0 radical (unpaired) electrons. The molecule has 0 bridgehead atoms. The molecule has 5 nitrogen and oxygen atoms in total. The summed E-state index contributed by atoms with van der Waals surface area (Å²) in [5.41, 5.74) is 3.64. The first-order chi connectivity index (χ1) is 12.7. The Morgan fingerprint density at radius 3 is 2.54 bits per heavy atom. The van der Waals surface area contributed by atoms with Gasteiger partial charge in [0, 0.05) is 35.1 Å². The van der Waals surface area contributed by atoms with E-state index in [9.17, 15) is 10.1 Å². The number of aliphatic imine (C=N–C) groups is 1. The normalized spacial score (nSPS) is 11.6. The molecule has 0 saturated carbocycles. The summed E-state index contributed by atoms with van der Waals surface area (Å²) >= 11 is 0. The molecule has 0 atom stereocenters. The minimum absolute atomic E-state index is 0.0556. The number of nitro benzene ring substituents is 1. The molecule has 26 heavy (non-hydrogen) atoms. The highest BCUT2D eigenvalue weighted by Crippen LogP contribution is 2.31. The van der Waals surface area contributed by atoms with Crippen LogP contribution in [0.15, 0.2) is 71.7 Å². The van der Waals surface area contributed by atoms with Crippen LogP contribution < -0.4 is 0 Å². The number of rotatable bonds is 4. The maximum atomic E-state index is 11.1. The van der Waals surface area contributed by atoms with Gasteiger partial charge in [-0.15, -0.1) is 0 Å². The van der Waals surface area contributed by atoms with E-state index in [1.807, 2.05) is 24.3 Å². The number of benzene rings is 3. The van der Waals surface area contributed by atoms with Gasteiger partial charge in [-0.05, 0) is 31.2 Å². The average molecular weight is 343 g/mol. The second kappa shape index (κ2) is 6.44.